The van der Waals surface area contributed by atoms with Crippen molar-refractivity contribution in [1.82, 2.24) is 19.5 Å². The first kappa shape index (κ1) is 19.8. The van der Waals surface area contributed by atoms with Crippen LogP contribution in [0, 0.1) is 10.1 Å². The van der Waals surface area contributed by atoms with Gasteiger partial charge in [0.05, 0.1) is 0 Å². The summed E-state index contributed by atoms with van der Waals surface area (Å²) in [6.07, 6.45) is -2.05. The maximum absolute atomic E-state index is 12.2. The van der Waals surface area contributed by atoms with Crippen LogP contribution in [0.4, 0.5) is 0 Å². The van der Waals surface area contributed by atoms with E-state index in [1.165, 1.54) is 29.4 Å². The van der Waals surface area contributed by atoms with Crippen molar-refractivity contribution in [3.8, 4) is 0 Å². The predicted octanol–water partition coefficient (Wildman–Crippen LogP) is -1.86. The third-order valence-corrected chi connectivity index (χ3v) is 5.74. The second-order valence-corrected chi connectivity index (χ2v) is 7.50. The fourth-order valence-corrected chi connectivity index (χ4v) is 4.20. The molecule has 29 heavy (non-hydrogen) atoms. The number of nitrogens with zero attached hydrogens (tertiary/aromatic N) is 5. The summed E-state index contributed by atoms with van der Waals surface area (Å²) in [5.41, 5.74) is -1.34. The molecule has 5 atom stereocenters. The van der Waals surface area contributed by atoms with E-state index in [0.717, 1.165) is 0 Å². The molecule has 0 amide bonds. The van der Waals surface area contributed by atoms with Gasteiger partial charge in [-0.1, -0.05) is 0 Å². The van der Waals surface area contributed by atoms with E-state index in [4.69, 9.17) is 4.74 Å². The average Bonchev–Trinajstić information content (AvgIpc) is 3.25. The van der Waals surface area contributed by atoms with Gasteiger partial charge in [-0.15, -0.1) is 0 Å². The molecule has 1 aliphatic rings. The van der Waals surface area contributed by atoms with Crippen molar-refractivity contribution in [2.75, 3.05) is 6.61 Å². The zero-order valence-corrected chi connectivity index (χ0v) is 16.7. The molecule has 2 unspecified atom stereocenters. The van der Waals surface area contributed by atoms with E-state index in [2.05, 4.69) is 31.0 Å². The number of aromatic nitrogens is 4. The van der Waals surface area contributed by atoms with Gasteiger partial charge in [0, 0.05) is 0 Å². The molecular weight excluding hydrogens is 449 g/mol. The minimum atomic E-state index is -2.11. The predicted molar refractivity (Wildman–Crippen MR) is 100 cm³/mol. The Kier molecular flexibility index (Phi) is 5.07. The van der Waals surface area contributed by atoms with Crippen LogP contribution in [0.15, 0.2) is 43.0 Å². The molecular formula is C17H17N5O6Se. The van der Waals surface area contributed by atoms with Gasteiger partial charge in [-0.2, -0.15) is 0 Å². The van der Waals surface area contributed by atoms with E-state index >= 15 is 0 Å². The Hall–Kier alpha value is -2.47. The second kappa shape index (κ2) is 7.41. The first-order valence-corrected chi connectivity index (χ1v) is 9.56. The zero-order valence-electron chi connectivity index (χ0n) is 14.8. The summed E-state index contributed by atoms with van der Waals surface area (Å²) in [6, 6.07) is 6.37. The standard InChI is InChI=1S/C17H17N5O6Se/c23-6-10-12(24)14(25)17(28-10,13(22(26)27)9-4-2-1-3-5-9)21-8-20-11-15(21)18-7-19-16(11)29/h1-5,7-8,10,12-14,23-25H,6H2,(H,18,19,29)/t10-,12-,13?,14-,17?/m1/s1. The monoisotopic (exact) mass is 467 g/mol. The Morgan fingerprint density at radius 3 is 2.62 bits per heavy atom. The van der Waals surface area contributed by atoms with E-state index in [0.29, 0.717) is 10.1 Å². The molecule has 1 fully saturated rings. The van der Waals surface area contributed by atoms with Gasteiger partial charge in [-0.3, -0.25) is 0 Å². The van der Waals surface area contributed by atoms with Crippen molar-refractivity contribution in [1.29, 1.82) is 0 Å². The SMILES string of the molecule is O=[N+]([O-])C(c1ccccc1)C1(n2cnc3c([SeH])ncnc32)O[C@H](CO)[C@@H](O)[C@H]1O. The maximum atomic E-state index is 12.2. The summed E-state index contributed by atoms with van der Waals surface area (Å²) in [6.45, 7) is -0.642. The summed E-state index contributed by atoms with van der Waals surface area (Å²) in [4.78, 5) is 24.1. The van der Waals surface area contributed by atoms with Crippen LogP contribution in [0.1, 0.15) is 11.6 Å². The van der Waals surface area contributed by atoms with Crippen LogP contribution in [-0.4, -0.2) is 80.7 Å². The number of ether oxygens (including phenoxy) is 1. The molecule has 0 saturated carbocycles. The normalized spacial score (nSPS) is 27.9. The fraction of sp³-hybridized carbons (Fsp3) is 0.353. The number of aliphatic hydroxyl groups excluding tert-OH is 3. The summed E-state index contributed by atoms with van der Waals surface area (Å²) >= 11 is 2.22. The molecule has 0 spiro atoms. The van der Waals surface area contributed by atoms with Gasteiger partial charge in [-0.05, 0) is 0 Å². The summed E-state index contributed by atoms with van der Waals surface area (Å²) in [7, 11) is 0. The fourth-order valence-electron chi connectivity index (χ4n) is 3.76. The van der Waals surface area contributed by atoms with Crippen LogP contribution in [0.3, 0.4) is 0 Å². The third kappa shape index (κ3) is 2.92. The second-order valence-electron chi connectivity index (χ2n) is 6.61. The molecule has 3 aromatic rings. The van der Waals surface area contributed by atoms with Crippen LogP contribution in [-0.2, 0) is 10.5 Å². The molecule has 2 aromatic heterocycles. The number of benzene rings is 1. The molecule has 152 valence electrons. The van der Waals surface area contributed by atoms with Crippen LogP contribution >= 0.6 is 0 Å². The number of nitro groups is 1. The quantitative estimate of drug-likeness (QED) is 0.223. The van der Waals surface area contributed by atoms with Crippen molar-refractivity contribution >= 4 is 31.8 Å². The van der Waals surface area contributed by atoms with Crippen molar-refractivity contribution in [2.24, 2.45) is 0 Å². The van der Waals surface area contributed by atoms with Crippen molar-refractivity contribution in [2.45, 2.75) is 30.1 Å². The van der Waals surface area contributed by atoms with Gasteiger partial charge in [0.25, 0.3) is 0 Å². The molecule has 1 aromatic carbocycles. The molecule has 3 N–H and O–H groups in total. The molecule has 11 nitrogen and oxygen atoms in total. The van der Waals surface area contributed by atoms with Crippen LogP contribution in [0.25, 0.3) is 11.2 Å². The topological polar surface area (TPSA) is 157 Å². The Morgan fingerprint density at radius 1 is 1.28 bits per heavy atom. The van der Waals surface area contributed by atoms with Crippen LogP contribution in [0.5, 0.6) is 0 Å². The van der Waals surface area contributed by atoms with Crippen LogP contribution in [0.2, 0.25) is 0 Å². The molecule has 1 aliphatic heterocycles. The van der Waals surface area contributed by atoms with E-state index in [1.54, 1.807) is 18.2 Å². The Balaban J connectivity index is 2.03. The molecule has 0 aliphatic carbocycles. The van der Waals surface area contributed by atoms with Crippen LogP contribution < -0.4 is 4.59 Å². The molecule has 0 radical (unpaired) electrons. The molecule has 3 heterocycles. The Bertz CT molecular complexity index is 1050. The van der Waals surface area contributed by atoms with Crippen molar-refractivity contribution in [3.63, 3.8) is 0 Å². The van der Waals surface area contributed by atoms with E-state index in [-0.39, 0.29) is 11.2 Å². The van der Waals surface area contributed by atoms with E-state index < -0.39 is 41.6 Å². The van der Waals surface area contributed by atoms with Gasteiger partial charge in [0.2, 0.25) is 0 Å². The van der Waals surface area contributed by atoms with Gasteiger partial charge >= 0.3 is 172 Å². The van der Waals surface area contributed by atoms with Gasteiger partial charge in [0.1, 0.15) is 0 Å². The van der Waals surface area contributed by atoms with Gasteiger partial charge in [-0.25, -0.2) is 0 Å². The van der Waals surface area contributed by atoms with Crippen molar-refractivity contribution < 1.29 is 25.0 Å². The summed E-state index contributed by atoms with van der Waals surface area (Å²) in [5.74, 6) is 0. The number of fused-ring (bicyclic) bond motifs is 1. The number of imidazole rings is 1. The average molecular weight is 466 g/mol. The molecule has 1 saturated heterocycles. The zero-order chi connectivity index (χ0) is 20.8. The molecule has 0 bridgehead atoms. The number of aliphatic hydroxyl groups is 3. The summed E-state index contributed by atoms with van der Waals surface area (Å²) < 4.78 is 7.57. The Morgan fingerprint density at radius 2 is 2.00 bits per heavy atom. The van der Waals surface area contributed by atoms with E-state index in [1.807, 2.05) is 0 Å². The van der Waals surface area contributed by atoms with E-state index in [9.17, 15) is 25.4 Å². The summed E-state index contributed by atoms with van der Waals surface area (Å²) in [5, 5.41) is 43.3. The Labute approximate surface area is 172 Å². The third-order valence-electron chi connectivity index (χ3n) is 5.06. The van der Waals surface area contributed by atoms with Crippen molar-refractivity contribution in [3.05, 3.63) is 58.7 Å². The van der Waals surface area contributed by atoms with Gasteiger partial charge < -0.3 is 0 Å². The minimum absolute atomic E-state index is 0.184. The number of hydrogen-bond donors (Lipinski definition) is 3. The number of hydrogen-bond acceptors (Lipinski definition) is 9. The molecule has 4 rings (SSSR count). The number of rotatable bonds is 5. The van der Waals surface area contributed by atoms with Gasteiger partial charge in [0.15, 0.2) is 0 Å². The molecule has 12 heteroatoms. The first-order chi connectivity index (χ1) is 13.9. The first-order valence-electron chi connectivity index (χ1n) is 8.62.